The van der Waals surface area contributed by atoms with Gasteiger partial charge in [0.05, 0.1) is 42.3 Å². The first kappa shape index (κ1) is 16.7. The summed E-state index contributed by atoms with van der Waals surface area (Å²) in [6.45, 7) is 0. The van der Waals surface area contributed by atoms with Gasteiger partial charge in [-0.3, -0.25) is 19.7 Å². The fraction of sp³-hybridized carbons (Fsp3) is 0.286. The second-order valence-electron chi connectivity index (χ2n) is 7.33. The number of pyridine rings is 1. The van der Waals surface area contributed by atoms with E-state index in [-0.39, 0.29) is 29.9 Å². The van der Waals surface area contributed by atoms with Crippen LogP contribution < -0.4 is 5.32 Å². The molecule has 2 heterocycles. The lowest BCUT2D eigenvalue weighted by Crippen LogP contribution is -2.43. The van der Waals surface area contributed by atoms with Crippen LogP contribution in [0, 0.1) is 12.0 Å². The molecule has 0 aromatic carbocycles. The molecule has 0 bridgehead atoms. The van der Waals surface area contributed by atoms with E-state index in [0.717, 1.165) is 23.3 Å². The predicted molar refractivity (Wildman–Crippen MR) is 100 cm³/mol. The molecule has 1 amide bonds. The molecule has 138 valence electrons. The number of aromatic amines is 1. The average molecular weight is 372 g/mol. The van der Waals surface area contributed by atoms with E-state index in [1.54, 1.807) is 6.20 Å². The number of H-pyrrole nitrogens is 1. The topological polar surface area (TPSA) is 101 Å². The number of rotatable bonds is 4. The highest BCUT2D eigenvalue weighted by atomic mass is 16.2. The van der Waals surface area contributed by atoms with Crippen molar-refractivity contribution < 1.29 is 9.59 Å². The molecule has 7 heteroatoms. The third kappa shape index (κ3) is 3.06. The van der Waals surface area contributed by atoms with Gasteiger partial charge in [-0.15, -0.1) is 5.10 Å². The highest BCUT2D eigenvalue weighted by Crippen LogP contribution is 2.52. The van der Waals surface area contributed by atoms with Crippen LogP contribution in [0.4, 0.5) is 0 Å². The number of aromatic nitrogens is 4. The van der Waals surface area contributed by atoms with Crippen LogP contribution in [0.5, 0.6) is 0 Å². The number of hydrogen-bond donors (Lipinski definition) is 2. The maximum Gasteiger partial charge on any atom is 0.291 e. The molecule has 0 saturated heterocycles. The van der Waals surface area contributed by atoms with Crippen molar-refractivity contribution in [3.63, 3.8) is 0 Å². The van der Waals surface area contributed by atoms with Crippen LogP contribution in [0.2, 0.25) is 0 Å². The molecule has 2 N–H and O–H groups in total. The zero-order valence-electron chi connectivity index (χ0n) is 15.1. The van der Waals surface area contributed by atoms with Crippen LogP contribution >= 0.6 is 0 Å². The maximum absolute atomic E-state index is 12.7. The van der Waals surface area contributed by atoms with Gasteiger partial charge < -0.3 is 5.32 Å². The van der Waals surface area contributed by atoms with Crippen molar-refractivity contribution in [1.29, 1.82) is 0 Å². The number of ketones is 1. The number of nitrogens with zero attached hydrogens (tertiary/aromatic N) is 3. The number of amides is 1. The number of carbonyl (C=O) groups excluding carboxylic acids is 2. The fourth-order valence-electron chi connectivity index (χ4n) is 3.99. The summed E-state index contributed by atoms with van der Waals surface area (Å²) in [7, 11) is 0. The number of hydrogen-bond acceptors (Lipinski definition) is 5. The predicted octanol–water partition coefficient (Wildman–Crippen LogP) is 1.63. The van der Waals surface area contributed by atoms with Crippen molar-refractivity contribution in [3.8, 4) is 0 Å². The highest BCUT2D eigenvalue weighted by Gasteiger charge is 2.50. The molecule has 7 nitrogen and oxygen atoms in total. The lowest BCUT2D eigenvalue weighted by Gasteiger charge is -2.14. The Morgan fingerprint density at radius 3 is 3.18 bits per heavy atom. The van der Waals surface area contributed by atoms with Gasteiger partial charge in [0.2, 0.25) is 5.82 Å². The summed E-state index contributed by atoms with van der Waals surface area (Å²) in [6.07, 6.45) is 13.9. The van der Waals surface area contributed by atoms with E-state index in [1.165, 1.54) is 0 Å². The van der Waals surface area contributed by atoms with Gasteiger partial charge in [-0.25, -0.2) is 4.98 Å². The summed E-state index contributed by atoms with van der Waals surface area (Å²) in [6, 6.07) is 3.42. The van der Waals surface area contributed by atoms with E-state index >= 15 is 0 Å². The first-order valence-corrected chi connectivity index (χ1v) is 9.32. The van der Waals surface area contributed by atoms with E-state index in [4.69, 9.17) is 0 Å². The summed E-state index contributed by atoms with van der Waals surface area (Å²) in [5.41, 5.74) is 3.02. The Morgan fingerprint density at radius 1 is 1.39 bits per heavy atom. The van der Waals surface area contributed by atoms with Gasteiger partial charge >= 0.3 is 0 Å². The number of Topliss-reactive ketones (excluding diaryl/α,β-unsaturated/α-hetero) is 1. The van der Waals surface area contributed by atoms with Gasteiger partial charge in [0.1, 0.15) is 18.0 Å². The van der Waals surface area contributed by atoms with Crippen LogP contribution in [0.15, 0.2) is 48.2 Å². The second-order valence-corrected chi connectivity index (χ2v) is 7.33. The number of nitrogens with one attached hydrogen (secondary N) is 2. The Bertz CT molecular complexity index is 1050. The number of allylic oxidation sites excluding steroid dienone is 6. The maximum atomic E-state index is 12.7. The number of fused-ring (bicyclic) bond motifs is 3. The van der Waals surface area contributed by atoms with Crippen molar-refractivity contribution in [2.75, 3.05) is 0 Å². The summed E-state index contributed by atoms with van der Waals surface area (Å²) in [5, 5.41) is 9.69. The monoisotopic (exact) mass is 372 g/mol. The lowest BCUT2D eigenvalue weighted by molar-refractivity contribution is -0.120. The molecule has 0 unspecified atom stereocenters. The van der Waals surface area contributed by atoms with Crippen LogP contribution in [-0.4, -0.2) is 37.9 Å². The molecule has 1 fully saturated rings. The molecule has 5 rings (SSSR count). The third-order valence-corrected chi connectivity index (χ3v) is 5.46. The van der Waals surface area contributed by atoms with Gasteiger partial charge in [-0.05, 0) is 29.9 Å². The van der Waals surface area contributed by atoms with Gasteiger partial charge in [0, 0.05) is 12.3 Å². The minimum absolute atomic E-state index is 0.00500. The molecule has 1 saturated carbocycles. The van der Waals surface area contributed by atoms with Crippen molar-refractivity contribution in [2.45, 2.75) is 31.2 Å². The zero-order chi connectivity index (χ0) is 19.1. The van der Waals surface area contributed by atoms with E-state index < -0.39 is 11.9 Å². The average Bonchev–Trinajstić information content (AvgIpc) is 3.37. The highest BCUT2D eigenvalue weighted by molar-refractivity contribution is 5.96. The van der Waals surface area contributed by atoms with Crippen molar-refractivity contribution in [2.24, 2.45) is 5.92 Å². The molecule has 3 aliphatic rings. The van der Waals surface area contributed by atoms with E-state index in [1.807, 2.05) is 36.4 Å². The first-order chi connectivity index (χ1) is 13.7. The molecule has 2 aromatic rings. The van der Waals surface area contributed by atoms with Crippen molar-refractivity contribution in [1.82, 2.24) is 25.5 Å². The summed E-state index contributed by atoms with van der Waals surface area (Å²) in [5.74, 6) is 0.646. The summed E-state index contributed by atoms with van der Waals surface area (Å²) < 4.78 is 0. The molecular weight excluding hydrogens is 354 g/mol. The first-order valence-electron chi connectivity index (χ1n) is 9.32. The lowest BCUT2D eigenvalue weighted by atomic mass is 10.1. The molecule has 0 aliphatic heterocycles. The van der Waals surface area contributed by atoms with Gasteiger partial charge in [0.25, 0.3) is 5.91 Å². The second kappa shape index (κ2) is 6.62. The zero-order valence-corrected chi connectivity index (χ0v) is 15.1. The normalized spacial score (nSPS) is 24.5. The molecule has 3 aliphatic carbocycles. The van der Waals surface area contributed by atoms with E-state index in [2.05, 4.69) is 31.6 Å². The Labute approximate surface area is 161 Å². The van der Waals surface area contributed by atoms with Crippen LogP contribution in [-0.2, 0) is 17.6 Å². The quantitative estimate of drug-likeness (QED) is 0.795. The third-order valence-electron chi connectivity index (χ3n) is 5.46. The Morgan fingerprint density at radius 2 is 2.32 bits per heavy atom. The Kier molecular flexibility index (Phi) is 3.95. The number of carbonyl (C=O) groups is 2. The van der Waals surface area contributed by atoms with E-state index in [0.29, 0.717) is 12.2 Å². The smallest absolute Gasteiger partial charge is 0.291 e. The standard InChI is InChI=1S/C21H17N5O2/c27-17-11-16-13(7-4-8-22-16)14-10-15(14)19(17)24-21(28)20-23-18(25-26-20)9-12-5-2-1-3-6-12/h2-8,14-15,19H,9-11H2,(H-,23,24,25,26,28)/p+1/t14-,15-,19-/m1/s1. The minimum atomic E-state index is -0.515. The van der Waals surface area contributed by atoms with Crippen LogP contribution in [0.25, 0.3) is 0 Å². The molecular formula is C21H18N5O2+. The van der Waals surface area contributed by atoms with Crippen molar-refractivity contribution in [3.05, 3.63) is 77.2 Å². The largest absolute Gasteiger partial charge is 0.339 e. The molecule has 28 heavy (non-hydrogen) atoms. The van der Waals surface area contributed by atoms with Crippen LogP contribution in [0.3, 0.4) is 0 Å². The molecule has 3 atom stereocenters. The SMILES string of the molecule is O=C(N[C@H]1C(=O)Cc2ncccc2[C@H]2C[C@H]21)c1n[nH]c(CC2=CC=[C+]C=C2)n1. The van der Waals surface area contributed by atoms with Crippen LogP contribution in [0.1, 0.15) is 40.0 Å². The van der Waals surface area contributed by atoms with Crippen molar-refractivity contribution >= 4 is 11.7 Å². The molecule has 0 radical (unpaired) electrons. The minimum Gasteiger partial charge on any atom is -0.339 e. The Hall–Kier alpha value is -3.44. The Balaban J connectivity index is 1.29. The fourth-order valence-corrected chi connectivity index (χ4v) is 3.99. The summed E-state index contributed by atoms with van der Waals surface area (Å²) >= 11 is 0. The van der Waals surface area contributed by atoms with Gasteiger partial charge in [0.15, 0.2) is 5.78 Å². The van der Waals surface area contributed by atoms with E-state index in [9.17, 15) is 9.59 Å². The van der Waals surface area contributed by atoms with Gasteiger partial charge in [-0.2, -0.15) is 0 Å². The summed E-state index contributed by atoms with van der Waals surface area (Å²) in [4.78, 5) is 34.0. The molecule has 0 spiro atoms. The van der Waals surface area contributed by atoms with Gasteiger partial charge in [-0.1, -0.05) is 6.07 Å². The molecule has 2 aromatic heterocycles.